The molecule has 1 fully saturated rings. The molecule has 3 rings (SSSR count). The minimum Gasteiger partial charge on any atom is -0.291 e. The number of fused-ring (bicyclic) bond motifs is 5. The van der Waals surface area contributed by atoms with Gasteiger partial charge in [-0.2, -0.15) is 0 Å². The molecule has 5 heteroatoms. The molecular weight excluding hydrogens is 202 g/mol. The van der Waals surface area contributed by atoms with Gasteiger partial charge < -0.3 is 0 Å². The Labute approximate surface area is 94.8 Å². The summed E-state index contributed by atoms with van der Waals surface area (Å²) in [4.78, 5) is 4.51. The third-order valence-corrected chi connectivity index (χ3v) is 4.92. The van der Waals surface area contributed by atoms with Crippen LogP contribution in [0.15, 0.2) is 0 Å². The van der Waals surface area contributed by atoms with Crippen molar-refractivity contribution in [1.29, 1.82) is 0 Å². The Balaban J connectivity index is 2.23. The second-order valence-corrected chi connectivity index (χ2v) is 5.66. The van der Waals surface area contributed by atoms with Crippen LogP contribution in [0.3, 0.4) is 0 Å². The molecule has 1 aromatic rings. The first-order chi connectivity index (χ1) is 7.50. The summed E-state index contributed by atoms with van der Waals surface area (Å²) in [6, 6.07) is 0. The van der Waals surface area contributed by atoms with Crippen molar-refractivity contribution in [1.82, 2.24) is 15.2 Å². The Kier molecular flexibility index (Phi) is 1.69. The van der Waals surface area contributed by atoms with Gasteiger partial charge in [-0.1, -0.05) is 20.8 Å². The van der Waals surface area contributed by atoms with E-state index in [9.17, 15) is 0 Å². The van der Waals surface area contributed by atoms with Crippen LogP contribution in [-0.4, -0.2) is 15.2 Å². The highest BCUT2D eigenvalue weighted by molar-refractivity contribution is 5.42. The van der Waals surface area contributed by atoms with Crippen LogP contribution in [-0.2, 0) is 5.41 Å². The van der Waals surface area contributed by atoms with Gasteiger partial charge in [0.1, 0.15) is 0 Å². The fraction of sp³-hybridized carbons (Fsp3) is 0.727. The van der Waals surface area contributed by atoms with Crippen molar-refractivity contribution in [3.63, 3.8) is 0 Å². The van der Waals surface area contributed by atoms with E-state index < -0.39 is 0 Å². The topological polar surface area (TPSA) is 76.7 Å². The standard InChI is InChI=1S/C11H17N5/c1-10(2)6-4-5-11(10,3)8-7(6)15-16-9(13-8)14-12/h6H,4-5,12H2,1-3H3,(H,13,14,16)/t6-,11+/m1/s1. The Morgan fingerprint density at radius 1 is 1.31 bits per heavy atom. The molecule has 0 radical (unpaired) electrons. The molecule has 1 aromatic heterocycles. The minimum atomic E-state index is 0.120. The molecule has 0 saturated heterocycles. The third-order valence-electron chi connectivity index (χ3n) is 4.92. The molecule has 0 aromatic carbocycles. The lowest BCUT2D eigenvalue weighted by atomic mass is 9.70. The highest BCUT2D eigenvalue weighted by atomic mass is 15.4. The molecule has 16 heavy (non-hydrogen) atoms. The smallest absolute Gasteiger partial charge is 0.257 e. The van der Waals surface area contributed by atoms with Gasteiger partial charge in [0.2, 0.25) is 0 Å². The van der Waals surface area contributed by atoms with E-state index in [2.05, 4.69) is 41.4 Å². The average molecular weight is 219 g/mol. The van der Waals surface area contributed by atoms with Crippen LogP contribution in [0.1, 0.15) is 50.9 Å². The second kappa shape index (κ2) is 2.71. The second-order valence-electron chi connectivity index (χ2n) is 5.66. The lowest BCUT2D eigenvalue weighted by Gasteiger charge is -2.33. The van der Waals surface area contributed by atoms with Crippen molar-refractivity contribution < 1.29 is 0 Å². The summed E-state index contributed by atoms with van der Waals surface area (Å²) >= 11 is 0. The number of anilines is 1. The largest absolute Gasteiger partial charge is 0.291 e. The molecule has 0 unspecified atom stereocenters. The molecule has 0 spiro atoms. The van der Waals surface area contributed by atoms with Crippen molar-refractivity contribution in [3.8, 4) is 0 Å². The average Bonchev–Trinajstić information content (AvgIpc) is 2.59. The molecule has 1 saturated carbocycles. The van der Waals surface area contributed by atoms with Crippen molar-refractivity contribution in [3.05, 3.63) is 11.4 Å². The molecule has 5 nitrogen and oxygen atoms in total. The number of nitrogens with zero attached hydrogens (tertiary/aromatic N) is 3. The van der Waals surface area contributed by atoms with E-state index in [1.807, 2.05) is 0 Å². The summed E-state index contributed by atoms with van der Waals surface area (Å²) in [6.45, 7) is 6.90. The van der Waals surface area contributed by atoms with Crippen LogP contribution in [0.5, 0.6) is 0 Å². The Bertz CT molecular complexity index is 456. The third kappa shape index (κ3) is 0.883. The number of hydrogen-bond acceptors (Lipinski definition) is 5. The monoisotopic (exact) mass is 219 g/mol. The zero-order chi connectivity index (χ0) is 11.6. The molecule has 2 bridgehead atoms. The molecule has 1 heterocycles. The van der Waals surface area contributed by atoms with E-state index in [1.54, 1.807) is 0 Å². The van der Waals surface area contributed by atoms with Crippen molar-refractivity contribution in [2.45, 2.75) is 44.9 Å². The minimum absolute atomic E-state index is 0.120. The van der Waals surface area contributed by atoms with E-state index in [0.717, 1.165) is 11.4 Å². The normalized spacial score (nSPS) is 33.9. The van der Waals surface area contributed by atoms with Gasteiger partial charge in [0.15, 0.2) is 0 Å². The lowest BCUT2D eigenvalue weighted by molar-refractivity contribution is 0.227. The molecule has 0 aliphatic heterocycles. The molecule has 2 aliphatic carbocycles. The lowest BCUT2D eigenvalue weighted by Crippen LogP contribution is -2.32. The van der Waals surface area contributed by atoms with Gasteiger partial charge in [0.05, 0.1) is 11.4 Å². The summed E-state index contributed by atoms with van der Waals surface area (Å²) in [5, 5.41) is 8.29. The summed E-state index contributed by atoms with van der Waals surface area (Å²) < 4.78 is 0. The van der Waals surface area contributed by atoms with Crippen molar-refractivity contribution in [2.75, 3.05) is 5.43 Å². The highest BCUT2D eigenvalue weighted by Gasteiger charge is 2.61. The van der Waals surface area contributed by atoms with Crippen LogP contribution in [0.25, 0.3) is 0 Å². The Morgan fingerprint density at radius 3 is 2.75 bits per heavy atom. The molecular formula is C11H17N5. The highest BCUT2D eigenvalue weighted by Crippen LogP contribution is 2.66. The van der Waals surface area contributed by atoms with Gasteiger partial charge in [-0.05, 0) is 18.3 Å². The Morgan fingerprint density at radius 2 is 2.06 bits per heavy atom. The SMILES string of the molecule is CC1(C)[C@@H]2CC[C@@]1(C)c1nc(NN)nnc12. The number of nitrogen functional groups attached to an aromatic ring is 1. The molecule has 2 atom stereocenters. The van der Waals surface area contributed by atoms with Crippen LogP contribution in [0.4, 0.5) is 5.95 Å². The molecule has 3 N–H and O–H groups in total. The fourth-order valence-electron chi connectivity index (χ4n) is 3.44. The van der Waals surface area contributed by atoms with Crippen molar-refractivity contribution >= 4 is 5.95 Å². The van der Waals surface area contributed by atoms with Crippen LogP contribution in [0, 0.1) is 5.41 Å². The molecule has 2 aliphatic rings. The van der Waals surface area contributed by atoms with Gasteiger partial charge >= 0.3 is 0 Å². The quantitative estimate of drug-likeness (QED) is 0.550. The summed E-state index contributed by atoms with van der Waals surface area (Å²) in [5.41, 5.74) is 5.00. The molecule has 86 valence electrons. The van der Waals surface area contributed by atoms with E-state index in [1.165, 1.54) is 12.8 Å². The first kappa shape index (κ1) is 9.96. The van der Waals surface area contributed by atoms with Crippen LogP contribution >= 0.6 is 0 Å². The predicted octanol–water partition coefficient (Wildman–Crippen LogP) is 1.33. The summed E-state index contributed by atoms with van der Waals surface area (Å²) in [6.07, 6.45) is 2.38. The number of nitrogens with two attached hydrogens (primary N) is 1. The number of aromatic nitrogens is 3. The van der Waals surface area contributed by atoms with Crippen molar-refractivity contribution in [2.24, 2.45) is 11.3 Å². The first-order valence-electron chi connectivity index (χ1n) is 5.72. The van der Waals surface area contributed by atoms with Crippen LogP contribution < -0.4 is 11.3 Å². The van der Waals surface area contributed by atoms with E-state index >= 15 is 0 Å². The maximum absolute atomic E-state index is 5.34. The van der Waals surface area contributed by atoms with E-state index in [4.69, 9.17) is 5.84 Å². The van der Waals surface area contributed by atoms with Gasteiger partial charge in [0, 0.05) is 11.3 Å². The van der Waals surface area contributed by atoms with Crippen LogP contribution in [0.2, 0.25) is 0 Å². The van der Waals surface area contributed by atoms with Gasteiger partial charge in [-0.15, -0.1) is 10.2 Å². The Hall–Kier alpha value is -1.23. The zero-order valence-electron chi connectivity index (χ0n) is 9.91. The maximum atomic E-state index is 5.34. The predicted molar refractivity (Wildman–Crippen MR) is 60.7 cm³/mol. The fourth-order valence-corrected chi connectivity index (χ4v) is 3.44. The van der Waals surface area contributed by atoms with E-state index in [0.29, 0.717) is 11.9 Å². The number of hydrogen-bond donors (Lipinski definition) is 2. The van der Waals surface area contributed by atoms with Gasteiger partial charge in [-0.25, -0.2) is 10.8 Å². The first-order valence-corrected chi connectivity index (χ1v) is 5.72. The zero-order valence-corrected chi connectivity index (χ0v) is 9.91. The summed E-state index contributed by atoms with van der Waals surface area (Å²) in [5.74, 6) is 6.26. The van der Waals surface area contributed by atoms with Gasteiger partial charge in [0.25, 0.3) is 5.95 Å². The number of nitrogens with one attached hydrogen (secondary N) is 1. The number of hydrazine groups is 1. The van der Waals surface area contributed by atoms with Gasteiger partial charge in [-0.3, -0.25) is 5.43 Å². The summed E-state index contributed by atoms with van der Waals surface area (Å²) in [7, 11) is 0. The molecule has 0 amide bonds. The van der Waals surface area contributed by atoms with E-state index in [-0.39, 0.29) is 10.8 Å². The maximum Gasteiger partial charge on any atom is 0.257 e. The number of rotatable bonds is 1.